The molecule has 122 valence electrons. The fourth-order valence-corrected chi connectivity index (χ4v) is 4.31. The fourth-order valence-electron chi connectivity index (χ4n) is 2.74. The van der Waals surface area contributed by atoms with Crippen molar-refractivity contribution in [3.8, 4) is 0 Å². The standard InChI is InChI=1S/C13H24N2O5S/c1-4-20-12-8-19-7-11(12)14-13(16)15-5-6-21(17,18)10(3)9(15)2/h9-12H,4-8H2,1-3H3,(H,14,16)/t9?,10?,11-,12-/m1/s1. The molecule has 0 saturated carbocycles. The molecule has 2 heterocycles. The average Bonchev–Trinajstić information content (AvgIpc) is 2.84. The molecule has 8 heteroatoms. The molecule has 0 bridgehead atoms. The van der Waals surface area contributed by atoms with E-state index in [0.29, 0.717) is 19.8 Å². The molecule has 2 amide bonds. The maximum absolute atomic E-state index is 12.4. The molecule has 2 aliphatic heterocycles. The number of rotatable bonds is 3. The minimum atomic E-state index is -3.09. The number of sulfone groups is 1. The highest BCUT2D eigenvalue weighted by Gasteiger charge is 2.39. The van der Waals surface area contributed by atoms with Gasteiger partial charge in [-0.05, 0) is 20.8 Å². The second kappa shape index (κ2) is 6.50. The van der Waals surface area contributed by atoms with Crippen molar-refractivity contribution in [1.29, 1.82) is 0 Å². The number of carbonyl (C=O) groups is 1. The van der Waals surface area contributed by atoms with E-state index in [0.717, 1.165) is 0 Å². The van der Waals surface area contributed by atoms with Crippen LogP contribution in [0.15, 0.2) is 0 Å². The molecule has 2 rings (SSSR count). The van der Waals surface area contributed by atoms with Gasteiger partial charge in [0.25, 0.3) is 0 Å². The third kappa shape index (κ3) is 3.49. The van der Waals surface area contributed by atoms with Crippen LogP contribution >= 0.6 is 0 Å². The third-order valence-corrected chi connectivity index (χ3v) is 6.61. The molecule has 0 aromatic carbocycles. The predicted octanol–water partition coefficient (Wildman–Crippen LogP) is 0.00730. The summed E-state index contributed by atoms with van der Waals surface area (Å²) in [5.41, 5.74) is 0. The Kier molecular flexibility index (Phi) is 5.11. The average molecular weight is 320 g/mol. The molecule has 0 aromatic heterocycles. The van der Waals surface area contributed by atoms with Gasteiger partial charge in [-0.2, -0.15) is 0 Å². The van der Waals surface area contributed by atoms with Crippen LogP contribution in [0.2, 0.25) is 0 Å². The summed E-state index contributed by atoms with van der Waals surface area (Å²) in [4.78, 5) is 14.0. The SMILES string of the molecule is CCO[C@@H]1COC[C@H]1NC(=O)N1CCS(=O)(=O)C(C)C1C. The lowest BCUT2D eigenvalue weighted by molar-refractivity contribution is 0.0415. The summed E-state index contributed by atoms with van der Waals surface area (Å²) < 4.78 is 34.6. The summed E-state index contributed by atoms with van der Waals surface area (Å²) in [6.07, 6.45) is -0.139. The van der Waals surface area contributed by atoms with Gasteiger partial charge in [-0.25, -0.2) is 13.2 Å². The van der Waals surface area contributed by atoms with Crippen LogP contribution in [-0.4, -0.2) is 74.9 Å². The van der Waals surface area contributed by atoms with E-state index in [9.17, 15) is 13.2 Å². The molecule has 0 aromatic rings. The predicted molar refractivity (Wildman–Crippen MR) is 78.0 cm³/mol. The fraction of sp³-hybridized carbons (Fsp3) is 0.923. The van der Waals surface area contributed by atoms with Crippen LogP contribution in [0, 0.1) is 0 Å². The zero-order valence-electron chi connectivity index (χ0n) is 12.7. The number of hydrogen-bond donors (Lipinski definition) is 1. The molecule has 2 fully saturated rings. The largest absolute Gasteiger partial charge is 0.376 e. The second-order valence-electron chi connectivity index (χ2n) is 5.59. The van der Waals surface area contributed by atoms with Crippen molar-refractivity contribution in [1.82, 2.24) is 10.2 Å². The highest BCUT2D eigenvalue weighted by atomic mass is 32.2. The van der Waals surface area contributed by atoms with Crippen LogP contribution in [0.4, 0.5) is 4.79 Å². The number of ether oxygens (including phenoxy) is 2. The van der Waals surface area contributed by atoms with E-state index in [-0.39, 0.29) is 36.5 Å². The van der Waals surface area contributed by atoms with E-state index in [1.54, 1.807) is 18.7 Å². The Morgan fingerprint density at radius 1 is 1.38 bits per heavy atom. The summed E-state index contributed by atoms with van der Waals surface area (Å²) in [5, 5.41) is 2.36. The number of carbonyl (C=O) groups excluding carboxylic acids is 1. The molecule has 4 atom stereocenters. The first kappa shape index (κ1) is 16.5. The van der Waals surface area contributed by atoms with Crippen molar-refractivity contribution in [3.05, 3.63) is 0 Å². The van der Waals surface area contributed by atoms with Gasteiger partial charge in [0.1, 0.15) is 6.10 Å². The van der Waals surface area contributed by atoms with E-state index < -0.39 is 15.1 Å². The molecule has 2 saturated heterocycles. The maximum Gasteiger partial charge on any atom is 0.318 e. The Hall–Kier alpha value is -0.860. The molecule has 21 heavy (non-hydrogen) atoms. The van der Waals surface area contributed by atoms with Crippen molar-refractivity contribution in [3.63, 3.8) is 0 Å². The van der Waals surface area contributed by atoms with Gasteiger partial charge in [0, 0.05) is 19.2 Å². The minimum Gasteiger partial charge on any atom is -0.376 e. The molecule has 7 nitrogen and oxygen atoms in total. The first-order chi connectivity index (χ1) is 9.86. The van der Waals surface area contributed by atoms with Gasteiger partial charge in [0.2, 0.25) is 0 Å². The molecule has 2 aliphatic rings. The lowest BCUT2D eigenvalue weighted by atomic mass is 10.2. The highest BCUT2D eigenvalue weighted by molar-refractivity contribution is 7.92. The highest BCUT2D eigenvalue weighted by Crippen LogP contribution is 2.20. The Labute approximate surface area is 125 Å². The maximum atomic E-state index is 12.4. The summed E-state index contributed by atoms with van der Waals surface area (Å²) in [7, 11) is -3.09. The normalized spacial score (nSPS) is 35.7. The van der Waals surface area contributed by atoms with E-state index in [1.165, 1.54) is 0 Å². The molecule has 0 spiro atoms. The molecule has 2 unspecified atom stereocenters. The van der Waals surface area contributed by atoms with E-state index >= 15 is 0 Å². The number of hydrogen-bond acceptors (Lipinski definition) is 5. The third-order valence-electron chi connectivity index (χ3n) is 4.33. The molecular weight excluding hydrogens is 296 g/mol. The second-order valence-corrected chi connectivity index (χ2v) is 8.07. The summed E-state index contributed by atoms with van der Waals surface area (Å²) in [6.45, 7) is 7.01. The van der Waals surface area contributed by atoms with Crippen LogP contribution < -0.4 is 5.32 Å². The Morgan fingerprint density at radius 2 is 2.10 bits per heavy atom. The van der Waals surface area contributed by atoms with Gasteiger partial charge < -0.3 is 19.7 Å². The zero-order valence-corrected chi connectivity index (χ0v) is 13.6. The van der Waals surface area contributed by atoms with Gasteiger partial charge in [-0.1, -0.05) is 0 Å². The van der Waals surface area contributed by atoms with Gasteiger partial charge in [0.15, 0.2) is 9.84 Å². The molecule has 0 aliphatic carbocycles. The van der Waals surface area contributed by atoms with Gasteiger partial charge >= 0.3 is 6.03 Å². The van der Waals surface area contributed by atoms with Crippen LogP contribution in [-0.2, 0) is 19.3 Å². The summed E-state index contributed by atoms with van der Waals surface area (Å²) in [6, 6.07) is -0.764. The Morgan fingerprint density at radius 3 is 2.76 bits per heavy atom. The quantitative estimate of drug-likeness (QED) is 0.792. The van der Waals surface area contributed by atoms with Crippen LogP contribution in [0.25, 0.3) is 0 Å². The first-order valence-corrected chi connectivity index (χ1v) is 9.06. The van der Waals surface area contributed by atoms with Crippen molar-refractivity contribution >= 4 is 15.9 Å². The van der Waals surface area contributed by atoms with Crippen molar-refractivity contribution < 1.29 is 22.7 Å². The van der Waals surface area contributed by atoms with Crippen molar-refractivity contribution in [2.24, 2.45) is 0 Å². The van der Waals surface area contributed by atoms with E-state index in [4.69, 9.17) is 9.47 Å². The number of nitrogens with one attached hydrogen (secondary N) is 1. The first-order valence-electron chi connectivity index (χ1n) is 7.35. The minimum absolute atomic E-state index is 0.0159. The zero-order chi connectivity index (χ0) is 15.6. The number of nitrogens with zero attached hydrogens (tertiary/aromatic N) is 1. The lowest BCUT2D eigenvalue weighted by Crippen LogP contribution is -2.59. The number of amides is 2. The summed E-state index contributed by atoms with van der Waals surface area (Å²) >= 11 is 0. The van der Waals surface area contributed by atoms with Crippen LogP contribution in [0.1, 0.15) is 20.8 Å². The van der Waals surface area contributed by atoms with Crippen LogP contribution in [0.3, 0.4) is 0 Å². The van der Waals surface area contributed by atoms with E-state index in [2.05, 4.69) is 5.32 Å². The smallest absolute Gasteiger partial charge is 0.318 e. The number of urea groups is 1. The topological polar surface area (TPSA) is 84.9 Å². The monoisotopic (exact) mass is 320 g/mol. The lowest BCUT2D eigenvalue weighted by Gasteiger charge is -2.38. The molecule has 0 radical (unpaired) electrons. The van der Waals surface area contributed by atoms with Gasteiger partial charge in [0.05, 0.1) is 30.3 Å². The van der Waals surface area contributed by atoms with Gasteiger partial charge in [-0.3, -0.25) is 0 Å². The summed E-state index contributed by atoms with van der Waals surface area (Å²) in [5.74, 6) is 0.0159. The molecule has 1 N–H and O–H groups in total. The Balaban J connectivity index is 1.97. The van der Waals surface area contributed by atoms with Crippen molar-refractivity contribution in [2.75, 3.05) is 32.1 Å². The molecular formula is C13H24N2O5S. The van der Waals surface area contributed by atoms with E-state index in [1.807, 2.05) is 6.92 Å². The van der Waals surface area contributed by atoms with Crippen LogP contribution in [0.5, 0.6) is 0 Å². The Bertz CT molecular complexity index is 481. The van der Waals surface area contributed by atoms with Crippen molar-refractivity contribution in [2.45, 2.75) is 44.2 Å². The van der Waals surface area contributed by atoms with Gasteiger partial charge in [-0.15, -0.1) is 0 Å².